The number of amides is 1. The predicted molar refractivity (Wildman–Crippen MR) is 121 cm³/mol. The van der Waals surface area contributed by atoms with Gasteiger partial charge in [0.05, 0.1) is 28.8 Å². The first-order valence-electron chi connectivity index (χ1n) is 9.95. The Morgan fingerprint density at radius 1 is 1.25 bits per heavy atom. The fourth-order valence-corrected chi connectivity index (χ4v) is 5.37. The van der Waals surface area contributed by atoms with Crippen molar-refractivity contribution in [1.29, 1.82) is 0 Å². The first kappa shape index (κ1) is 22.2. The maximum absolute atomic E-state index is 13.0. The van der Waals surface area contributed by atoms with Crippen LogP contribution in [0, 0.1) is 0 Å². The third-order valence-electron chi connectivity index (χ3n) is 4.87. The number of carbonyl (C=O) groups is 1. The second-order valence-electron chi connectivity index (χ2n) is 7.27. The lowest BCUT2D eigenvalue weighted by Gasteiger charge is -2.14. The summed E-state index contributed by atoms with van der Waals surface area (Å²) in [6, 6.07) is 3.48. The van der Waals surface area contributed by atoms with Gasteiger partial charge in [-0.05, 0) is 31.4 Å². The molecule has 0 aromatic carbocycles. The fourth-order valence-electron chi connectivity index (χ4n) is 3.01. The van der Waals surface area contributed by atoms with E-state index in [2.05, 4.69) is 30.0 Å². The normalized spacial score (nSPS) is 14.7. The molecule has 4 rings (SSSR count). The summed E-state index contributed by atoms with van der Waals surface area (Å²) in [6.45, 7) is 0.345. The summed E-state index contributed by atoms with van der Waals surface area (Å²) in [7, 11) is -1.86. The van der Waals surface area contributed by atoms with Crippen LogP contribution in [0.5, 0.6) is 0 Å². The molecule has 168 valence electrons. The molecule has 0 saturated heterocycles. The smallest absolute Gasteiger partial charge is 0.237 e. The number of nitrogens with one attached hydrogen (secondary N) is 2. The molecule has 0 bridgehead atoms. The Morgan fingerprint density at radius 2 is 2.09 bits per heavy atom. The molecule has 10 nitrogen and oxygen atoms in total. The predicted octanol–water partition coefficient (Wildman–Crippen LogP) is 2.66. The van der Waals surface area contributed by atoms with Crippen molar-refractivity contribution in [3.63, 3.8) is 0 Å². The summed E-state index contributed by atoms with van der Waals surface area (Å²) in [5.41, 5.74) is 1.94. The summed E-state index contributed by atoms with van der Waals surface area (Å²) in [5.74, 6) is -0.537. The van der Waals surface area contributed by atoms with Gasteiger partial charge >= 0.3 is 0 Å². The minimum absolute atomic E-state index is 0.258. The minimum atomic E-state index is -3.41. The first-order valence-corrected chi connectivity index (χ1v) is 12.4. The molecule has 1 fully saturated rings. The molecule has 3 aromatic rings. The van der Waals surface area contributed by atoms with Crippen LogP contribution in [0.2, 0.25) is 0 Å². The van der Waals surface area contributed by atoms with E-state index in [0.717, 1.165) is 16.9 Å². The Kier molecular flexibility index (Phi) is 6.72. The van der Waals surface area contributed by atoms with Gasteiger partial charge in [-0.15, -0.1) is 11.3 Å². The lowest BCUT2D eigenvalue weighted by atomic mass is 10.0. The molecule has 2 N–H and O–H groups in total. The number of ether oxygens (including phenoxy) is 1. The minimum Gasteiger partial charge on any atom is -0.385 e. The van der Waals surface area contributed by atoms with Crippen molar-refractivity contribution in [2.45, 2.75) is 30.4 Å². The summed E-state index contributed by atoms with van der Waals surface area (Å²) < 4.78 is 32.0. The highest BCUT2D eigenvalue weighted by molar-refractivity contribution is 7.93. The van der Waals surface area contributed by atoms with E-state index in [1.54, 1.807) is 49.4 Å². The molecule has 0 radical (unpaired) electrons. The molecule has 1 atom stereocenters. The van der Waals surface area contributed by atoms with Crippen molar-refractivity contribution in [1.82, 2.24) is 19.9 Å². The van der Waals surface area contributed by atoms with Crippen LogP contribution in [0.1, 0.15) is 30.9 Å². The number of anilines is 2. The Bertz CT molecular complexity index is 1160. The number of methoxy groups -OCH3 is 1. The topological polar surface area (TPSA) is 136 Å². The number of rotatable bonds is 10. The fraction of sp³-hybridized carbons (Fsp3) is 0.350. The number of pyridine rings is 1. The van der Waals surface area contributed by atoms with Crippen molar-refractivity contribution >= 4 is 38.2 Å². The van der Waals surface area contributed by atoms with Gasteiger partial charge < -0.3 is 10.1 Å². The van der Waals surface area contributed by atoms with Gasteiger partial charge in [-0.2, -0.15) is 0 Å². The largest absolute Gasteiger partial charge is 0.385 e. The van der Waals surface area contributed by atoms with E-state index >= 15 is 0 Å². The van der Waals surface area contributed by atoms with Crippen LogP contribution in [0.25, 0.3) is 11.3 Å². The van der Waals surface area contributed by atoms with Crippen LogP contribution in [0.15, 0.2) is 42.3 Å². The standard InChI is InChI=1S/C20H22N6O4S2/c1-30-9-6-15(17-12-31-20(24-17)26-32(28,29)14-3-4-14)19(27)25-18-5-2-13(10-23-18)16-11-21-7-8-22-16/h2,5,7-8,10-12,14-15H,3-4,6,9H2,1H3,(H,24,26)(H,23,25,27). The molecule has 1 saturated carbocycles. The zero-order chi connectivity index (χ0) is 22.6. The molecule has 1 amide bonds. The second-order valence-corrected chi connectivity index (χ2v) is 10.1. The molecular formula is C20H22N6O4S2. The number of carbonyl (C=O) groups excluding carboxylic acids is 1. The maximum atomic E-state index is 13.0. The lowest BCUT2D eigenvalue weighted by molar-refractivity contribution is -0.118. The molecular weight excluding hydrogens is 452 g/mol. The number of nitrogens with zero attached hydrogens (tertiary/aromatic N) is 4. The number of hydrogen-bond donors (Lipinski definition) is 2. The number of hydrogen-bond acceptors (Lipinski definition) is 9. The van der Waals surface area contributed by atoms with Crippen molar-refractivity contribution < 1.29 is 17.9 Å². The van der Waals surface area contributed by atoms with Crippen LogP contribution in [-0.4, -0.2) is 53.2 Å². The van der Waals surface area contributed by atoms with Gasteiger partial charge in [-0.1, -0.05) is 0 Å². The first-order chi connectivity index (χ1) is 15.5. The number of sulfonamides is 1. The highest BCUT2D eigenvalue weighted by Gasteiger charge is 2.36. The molecule has 1 aliphatic carbocycles. The molecule has 32 heavy (non-hydrogen) atoms. The Morgan fingerprint density at radius 3 is 2.75 bits per heavy atom. The second kappa shape index (κ2) is 9.67. The highest BCUT2D eigenvalue weighted by Crippen LogP contribution is 2.32. The number of aromatic nitrogens is 4. The van der Waals surface area contributed by atoms with Gasteiger partial charge in [0, 0.05) is 43.3 Å². The van der Waals surface area contributed by atoms with Crippen molar-refractivity contribution in [2.24, 2.45) is 0 Å². The van der Waals surface area contributed by atoms with E-state index in [4.69, 9.17) is 4.74 Å². The van der Waals surface area contributed by atoms with Crippen LogP contribution >= 0.6 is 11.3 Å². The van der Waals surface area contributed by atoms with E-state index in [9.17, 15) is 13.2 Å². The van der Waals surface area contributed by atoms with Crippen molar-refractivity contribution in [3.8, 4) is 11.3 Å². The van der Waals surface area contributed by atoms with Gasteiger partial charge in [-0.3, -0.25) is 19.5 Å². The Labute approximate surface area is 189 Å². The van der Waals surface area contributed by atoms with Crippen LogP contribution in [0.3, 0.4) is 0 Å². The summed E-state index contributed by atoms with van der Waals surface area (Å²) in [6.07, 6.45) is 8.14. The summed E-state index contributed by atoms with van der Waals surface area (Å²) >= 11 is 1.16. The van der Waals surface area contributed by atoms with E-state index in [1.807, 2.05) is 0 Å². The molecule has 1 aliphatic rings. The van der Waals surface area contributed by atoms with E-state index in [1.165, 1.54) is 0 Å². The van der Waals surface area contributed by atoms with Crippen molar-refractivity contribution in [3.05, 3.63) is 48.0 Å². The third-order valence-corrected chi connectivity index (χ3v) is 7.60. The molecule has 3 heterocycles. The zero-order valence-corrected chi connectivity index (χ0v) is 18.9. The highest BCUT2D eigenvalue weighted by atomic mass is 32.2. The average molecular weight is 475 g/mol. The van der Waals surface area contributed by atoms with Crippen molar-refractivity contribution in [2.75, 3.05) is 23.8 Å². The van der Waals surface area contributed by atoms with Gasteiger partial charge in [-0.25, -0.2) is 18.4 Å². The van der Waals surface area contributed by atoms with Gasteiger partial charge in [0.15, 0.2) is 5.13 Å². The average Bonchev–Trinajstić information content (AvgIpc) is 3.57. The monoisotopic (exact) mass is 474 g/mol. The van der Waals surface area contributed by atoms with E-state index < -0.39 is 15.9 Å². The summed E-state index contributed by atoms with van der Waals surface area (Å²) in [4.78, 5) is 29.9. The zero-order valence-electron chi connectivity index (χ0n) is 17.3. The van der Waals surface area contributed by atoms with Gasteiger partial charge in [0.1, 0.15) is 5.82 Å². The quantitative estimate of drug-likeness (QED) is 0.458. The Hall–Kier alpha value is -2.96. The molecule has 0 spiro atoms. The third kappa shape index (κ3) is 5.44. The van der Waals surface area contributed by atoms with Gasteiger partial charge in [0.2, 0.25) is 15.9 Å². The lowest BCUT2D eigenvalue weighted by Crippen LogP contribution is -2.23. The molecule has 12 heteroatoms. The molecule has 1 unspecified atom stereocenters. The summed E-state index contributed by atoms with van der Waals surface area (Å²) in [5, 5.41) is 4.40. The van der Waals surface area contributed by atoms with Crippen LogP contribution < -0.4 is 10.0 Å². The van der Waals surface area contributed by atoms with Crippen LogP contribution in [-0.2, 0) is 19.6 Å². The SMILES string of the molecule is COCCC(C(=O)Nc1ccc(-c2cnccn2)cn1)c1csc(NS(=O)(=O)C2CC2)n1. The van der Waals surface area contributed by atoms with Gasteiger partial charge in [0.25, 0.3) is 0 Å². The molecule has 3 aromatic heterocycles. The molecule has 0 aliphatic heterocycles. The number of thiazole rings is 1. The Balaban J connectivity index is 1.46. The van der Waals surface area contributed by atoms with E-state index in [-0.39, 0.29) is 16.3 Å². The van der Waals surface area contributed by atoms with E-state index in [0.29, 0.717) is 43.1 Å². The van der Waals surface area contributed by atoms with Crippen LogP contribution in [0.4, 0.5) is 10.9 Å². The maximum Gasteiger partial charge on any atom is 0.237 e.